The van der Waals surface area contributed by atoms with Crippen LogP contribution in [0.4, 0.5) is 0 Å². The zero-order valence-corrected chi connectivity index (χ0v) is 25.6. The van der Waals surface area contributed by atoms with Crippen LogP contribution in [0.3, 0.4) is 0 Å². The van der Waals surface area contributed by atoms with Crippen molar-refractivity contribution in [3.63, 3.8) is 0 Å². The molecular formula is C36H54O4. The molecule has 0 N–H and O–H groups in total. The summed E-state index contributed by atoms with van der Waals surface area (Å²) in [5.41, 5.74) is 2.86. The Morgan fingerprint density at radius 3 is 1.68 bits per heavy atom. The molecule has 2 rings (SSSR count). The molecule has 2 aromatic carbocycles. The number of unbranched alkanes of at least 4 members (excludes halogenated alkanes) is 12. The SMILES string of the molecule is C=C(C)C(=O)OCCCCCCCCCCCCOc1ccc(-c2ccc(OC(C)CCCCCC)cc2)cc1. The van der Waals surface area contributed by atoms with E-state index < -0.39 is 0 Å². The largest absolute Gasteiger partial charge is 0.494 e. The topological polar surface area (TPSA) is 44.8 Å². The van der Waals surface area contributed by atoms with Crippen molar-refractivity contribution >= 4 is 5.97 Å². The number of carbonyl (C=O) groups is 1. The summed E-state index contributed by atoms with van der Waals surface area (Å²) in [4.78, 5) is 11.3. The van der Waals surface area contributed by atoms with Gasteiger partial charge in [0.25, 0.3) is 0 Å². The molecule has 222 valence electrons. The molecule has 0 aliphatic rings. The third kappa shape index (κ3) is 15.1. The highest BCUT2D eigenvalue weighted by molar-refractivity contribution is 5.86. The smallest absolute Gasteiger partial charge is 0.333 e. The van der Waals surface area contributed by atoms with Crippen LogP contribution in [-0.4, -0.2) is 25.3 Å². The summed E-state index contributed by atoms with van der Waals surface area (Å²) in [5.74, 6) is 1.61. The maximum Gasteiger partial charge on any atom is 0.333 e. The van der Waals surface area contributed by atoms with Gasteiger partial charge in [0.15, 0.2) is 0 Å². The van der Waals surface area contributed by atoms with Crippen LogP contribution in [0, 0.1) is 0 Å². The lowest BCUT2D eigenvalue weighted by atomic mass is 10.1. The second-order valence-corrected chi connectivity index (χ2v) is 11.1. The molecule has 0 amide bonds. The van der Waals surface area contributed by atoms with Gasteiger partial charge in [0.05, 0.1) is 19.3 Å². The molecule has 4 heteroatoms. The van der Waals surface area contributed by atoms with E-state index in [1.165, 1.54) is 81.8 Å². The van der Waals surface area contributed by atoms with Crippen molar-refractivity contribution in [1.82, 2.24) is 0 Å². The molecule has 0 aromatic heterocycles. The number of ether oxygens (including phenoxy) is 3. The molecule has 0 saturated carbocycles. The van der Waals surface area contributed by atoms with E-state index in [2.05, 4.69) is 69.0 Å². The lowest BCUT2D eigenvalue weighted by Gasteiger charge is -2.15. The van der Waals surface area contributed by atoms with E-state index in [0.717, 1.165) is 43.8 Å². The van der Waals surface area contributed by atoms with Crippen LogP contribution in [0.5, 0.6) is 11.5 Å². The van der Waals surface area contributed by atoms with Gasteiger partial charge in [-0.15, -0.1) is 0 Å². The van der Waals surface area contributed by atoms with Gasteiger partial charge in [0.2, 0.25) is 0 Å². The van der Waals surface area contributed by atoms with Gasteiger partial charge in [-0.25, -0.2) is 4.79 Å². The molecular weight excluding hydrogens is 496 g/mol. The standard InChI is InChI=1S/C36H54O4/c1-5-6-7-16-19-31(4)40-35-26-22-33(23-27-35)32-20-24-34(25-21-32)38-28-17-14-12-10-8-9-11-13-15-18-29-39-36(37)30(2)3/h20-27,31H,2,5-19,28-29H2,1,3-4H3. The van der Waals surface area contributed by atoms with Crippen LogP contribution in [0.2, 0.25) is 0 Å². The summed E-state index contributed by atoms with van der Waals surface area (Å²) in [6.45, 7) is 11.0. The molecule has 0 saturated heterocycles. The second kappa shape index (κ2) is 21.1. The van der Waals surface area contributed by atoms with Crippen molar-refractivity contribution in [2.24, 2.45) is 0 Å². The Morgan fingerprint density at radius 1 is 0.675 bits per heavy atom. The lowest BCUT2D eigenvalue weighted by molar-refractivity contribution is -0.139. The summed E-state index contributed by atoms with van der Waals surface area (Å²) >= 11 is 0. The fraction of sp³-hybridized carbons (Fsp3) is 0.583. The monoisotopic (exact) mass is 550 g/mol. The molecule has 0 bridgehead atoms. The molecule has 0 radical (unpaired) electrons. The molecule has 2 aromatic rings. The maximum absolute atomic E-state index is 11.3. The zero-order chi connectivity index (χ0) is 28.8. The third-order valence-electron chi connectivity index (χ3n) is 7.23. The molecule has 0 spiro atoms. The fourth-order valence-electron chi connectivity index (χ4n) is 4.72. The molecule has 1 unspecified atom stereocenters. The predicted molar refractivity (Wildman–Crippen MR) is 168 cm³/mol. The van der Waals surface area contributed by atoms with Gasteiger partial charge in [0, 0.05) is 5.57 Å². The van der Waals surface area contributed by atoms with E-state index in [0.29, 0.717) is 12.2 Å². The van der Waals surface area contributed by atoms with Gasteiger partial charge in [-0.05, 0) is 74.9 Å². The van der Waals surface area contributed by atoms with Crippen molar-refractivity contribution in [2.75, 3.05) is 13.2 Å². The Morgan fingerprint density at radius 2 is 1.15 bits per heavy atom. The first-order valence-corrected chi connectivity index (χ1v) is 15.8. The van der Waals surface area contributed by atoms with E-state index in [9.17, 15) is 4.79 Å². The minimum Gasteiger partial charge on any atom is -0.494 e. The number of carbonyl (C=O) groups excluding carboxylic acids is 1. The average Bonchev–Trinajstić information content (AvgIpc) is 2.96. The van der Waals surface area contributed by atoms with Crippen molar-refractivity contribution in [3.05, 3.63) is 60.7 Å². The number of hydrogen-bond acceptors (Lipinski definition) is 4. The molecule has 0 aliphatic carbocycles. The van der Waals surface area contributed by atoms with Gasteiger partial charge >= 0.3 is 5.97 Å². The first-order chi connectivity index (χ1) is 19.5. The summed E-state index contributed by atoms with van der Waals surface area (Å²) in [6, 6.07) is 16.8. The molecule has 0 heterocycles. The van der Waals surface area contributed by atoms with Crippen molar-refractivity contribution in [1.29, 1.82) is 0 Å². The average molecular weight is 551 g/mol. The Labute approximate surface area is 244 Å². The molecule has 1 atom stereocenters. The highest BCUT2D eigenvalue weighted by Gasteiger charge is 2.06. The van der Waals surface area contributed by atoms with Crippen LogP contribution in [-0.2, 0) is 9.53 Å². The Hall–Kier alpha value is -2.75. The van der Waals surface area contributed by atoms with Gasteiger partial charge in [0.1, 0.15) is 11.5 Å². The summed E-state index contributed by atoms with van der Waals surface area (Å²) in [7, 11) is 0. The summed E-state index contributed by atoms with van der Waals surface area (Å²) in [5, 5.41) is 0. The number of esters is 1. The van der Waals surface area contributed by atoms with Gasteiger partial charge < -0.3 is 14.2 Å². The highest BCUT2D eigenvalue weighted by atomic mass is 16.5. The quantitative estimate of drug-likeness (QED) is 0.0784. The predicted octanol–water partition coefficient (Wildman–Crippen LogP) is 10.5. The third-order valence-corrected chi connectivity index (χ3v) is 7.23. The normalized spacial score (nSPS) is 11.7. The number of hydrogen-bond donors (Lipinski definition) is 0. The first kappa shape index (κ1) is 33.5. The minimum atomic E-state index is -0.274. The zero-order valence-electron chi connectivity index (χ0n) is 25.6. The highest BCUT2D eigenvalue weighted by Crippen LogP contribution is 2.25. The maximum atomic E-state index is 11.3. The Balaban J connectivity index is 1.49. The van der Waals surface area contributed by atoms with Crippen LogP contribution in [0.1, 0.15) is 117 Å². The van der Waals surface area contributed by atoms with Crippen molar-refractivity contribution in [3.8, 4) is 22.6 Å². The lowest BCUT2D eigenvalue weighted by Crippen LogP contribution is -2.11. The first-order valence-electron chi connectivity index (χ1n) is 15.8. The van der Waals surface area contributed by atoms with E-state index in [1.807, 2.05) is 0 Å². The van der Waals surface area contributed by atoms with Crippen LogP contribution >= 0.6 is 0 Å². The number of benzene rings is 2. The summed E-state index contributed by atoms with van der Waals surface area (Å²) in [6.07, 6.45) is 18.5. The van der Waals surface area contributed by atoms with Gasteiger partial charge in [-0.2, -0.15) is 0 Å². The Kier molecular flexibility index (Phi) is 17.6. The van der Waals surface area contributed by atoms with Crippen LogP contribution < -0.4 is 9.47 Å². The summed E-state index contributed by atoms with van der Waals surface area (Å²) < 4.78 is 17.2. The van der Waals surface area contributed by atoms with E-state index in [1.54, 1.807) is 6.92 Å². The second-order valence-electron chi connectivity index (χ2n) is 11.1. The van der Waals surface area contributed by atoms with Gasteiger partial charge in [-0.3, -0.25) is 0 Å². The molecule has 40 heavy (non-hydrogen) atoms. The van der Waals surface area contributed by atoms with Crippen LogP contribution in [0.25, 0.3) is 11.1 Å². The van der Waals surface area contributed by atoms with E-state index in [4.69, 9.17) is 14.2 Å². The molecule has 0 fully saturated rings. The Bertz CT molecular complexity index is 932. The van der Waals surface area contributed by atoms with Crippen molar-refractivity contribution in [2.45, 2.75) is 123 Å². The molecule has 4 nitrogen and oxygen atoms in total. The van der Waals surface area contributed by atoms with E-state index >= 15 is 0 Å². The van der Waals surface area contributed by atoms with Crippen molar-refractivity contribution < 1.29 is 19.0 Å². The minimum absolute atomic E-state index is 0.257. The number of rotatable bonds is 23. The van der Waals surface area contributed by atoms with E-state index in [-0.39, 0.29) is 12.1 Å². The van der Waals surface area contributed by atoms with Gasteiger partial charge in [-0.1, -0.05) is 108 Å². The van der Waals surface area contributed by atoms with Crippen LogP contribution in [0.15, 0.2) is 60.7 Å². The fourth-order valence-corrected chi connectivity index (χ4v) is 4.72. The molecule has 0 aliphatic heterocycles.